The number of fused-ring (bicyclic) bond motifs is 3. The second kappa shape index (κ2) is 13.3. The van der Waals surface area contributed by atoms with Crippen LogP contribution in [0.2, 0.25) is 0 Å². The summed E-state index contributed by atoms with van der Waals surface area (Å²) in [6.45, 7) is 0.406. The summed E-state index contributed by atoms with van der Waals surface area (Å²) in [5.41, 5.74) is 0.721. The predicted octanol–water partition coefficient (Wildman–Crippen LogP) is 1.89. The molecule has 2 N–H and O–H groups in total. The zero-order valence-corrected chi connectivity index (χ0v) is 26.4. The highest BCUT2D eigenvalue weighted by atomic mass is 16.6. The number of carbonyl (C=O) groups is 4. The number of aromatic nitrogens is 3. The zero-order chi connectivity index (χ0) is 33.3. The molecule has 1 spiro atoms. The van der Waals surface area contributed by atoms with Crippen molar-refractivity contribution >= 4 is 34.7 Å². The van der Waals surface area contributed by atoms with Crippen molar-refractivity contribution in [2.24, 2.45) is 11.8 Å². The van der Waals surface area contributed by atoms with Crippen molar-refractivity contribution < 1.29 is 33.8 Å². The molecule has 3 amide bonds. The monoisotopic (exact) mass is 654 g/mol. The Morgan fingerprint density at radius 3 is 2.62 bits per heavy atom. The van der Waals surface area contributed by atoms with Crippen LogP contribution in [0.4, 0.5) is 0 Å². The number of hydrogen-bond acceptors (Lipinski definition) is 9. The topological polar surface area (TPSA) is 156 Å². The van der Waals surface area contributed by atoms with E-state index >= 15 is 0 Å². The number of carbonyl (C=O) groups excluding carboxylic acids is 4. The lowest BCUT2D eigenvalue weighted by Gasteiger charge is -2.35. The Bertz CT molecular complexity index is 1760. The summed E-state index contributed by atoms with van der Waals surface area (Å²) < 4.78 is 14.2. The van der Waals surface area contributed by atoms with Gasteiger partial charge in [0.1, 0.15) is 35.9 Å². The molecule has 3 aromatic rings. The van der Waals surface area contributed by atoms with Crippen LogP contribution in [0.5, 0.6) is 0 Å². The third kappa shape index (κ3) is 5.66. The van der Waals surface area contributed by atoms with Crippen LogP contribution in [-0.4, -0.2) is 97.6 Å². The first-order valence-corrected chi connectivity index (χ1v) is 16.4. The molecule has 2 saturated heterocycles. The van der Waals surface area contributed by atoms with E-state index in [4.69, 9.17) is 9.47 Å². The number of ether oxygens (including phenoxy) is 2. The number of nitrogens with one attached hydrogen (secondary N) is 1. The molecule has 4 aliphatic rings. The summed E-state index contributed by atoms with van der Waals surface area (Å²) in [4.78, 5) is 59.2. The fourth-order valence-corrected chi connectivity index (χ4v) is 7.37. The molecule has 48 heavy (non-hydrogen) atoms. The highest BCUT2D eigenvalue weighted by molar-refractivity contribution is 5.99. The molecule has 0 saturated carbocycles. The fraction of sp³-hybridized carbons (Fsp3) is 0.429. The molecule has 13 heteroatoms. The van der Waals surface area contributed by atoms with Crippen LogP contribution in [0, 0.1) is 11.8 Å². The first kappa shape index (κ1) is 31.7. The first-order valence-electron chi connectivity index (χ1n) is 16.4. The van der Waals surface area contributed by atoms with Crippen molar-refractivity contribution in [3.8, 4) is 0 Å². The fourth-order valence-electron chi connectivity index (χ4n) is 7.37. The number of nitrogens with zero attached hydrogens (tertiary/aromatic N) is 5. The molecule has 0 radical (unpaired) electrons. The molecule has 2 fully saturated rings. The molecule has 7 rings (SSSR count). The van der Waals surface area contributed by atoms with Gasteiger partial charge in [0.05, 0.1) is 24.1 Å². The van der Waals surface area contributed by atoms with Crippen LogP contribution in [0.15, 0.2) is 78.9 Å². The summed E-state index contributed by atoms with van der Waals surface area (Å²) in [5.74, 6) is -3.57. The maximum Gasteiger partial charge on any atom is 0.313 e. The molecular weight excluding hydrogens is 616 g/mol. The number of aliphatic hydroxyl groups is 1. The largest absolute Gasteiger partial charge is 0.455 e. The number of cyclic esters (lactones) is 1. The van der Waals surface area contributed by atoms with E-state index in [0.717, 1.165) is 5.52 Å². The van der Waals surface area contributed by atoms with Gasteiger partial charge in [0, 0.05) is 26.1 Å². The lowest BCUT2D eigenvalue weighted by atomic mass is 9.74. The Hall–Kier alpha value is -4.88. The average molecular weight is 655 g/mol. The van der Waals surface area contributed by atoms with E-state index in [9.17, 15) is 24.3 Å². The van der Waals surface area contributed by atoms with Crippen LogP contribution < -0.4 is 5.32 Å². The third-order valence-corrected chi connectivity index (χ3v) is 9.67. The van der Waals surface area contributed by atoms with E-state index < -0.39 is 41.7 Å². The third-order valence-electron chi connectivity index (χ3n) is 9.67. The zero-order valence-electron chi connectivity index (χ0n) is 26.4. The lowest BCUT2D eigenvalue weighted by molar-refractivity contribution is -0.159. The summed E-state index contributed by atoms with van der Waals surface area (Å²) in [5, 5.41) is 20.9. The van der Waals surface area contributed by atoms with Crippen molar-refractivity contribution in [2.45, 2.75) is 56.2 Å². The number of likely N-dealkylation sites (tertiary alicyclic amines) is 1. The molecule has 5 bridgehead atoms. The van der Waals surface area contributed by atoms with Gasteiger partial charge in [-0.25, -0.2) is 4.68 Å². The molecular formula is C35H38N6O7. The minimum Gasteiger partial charge on any atom is -0.455 e. The lowest BCUT2D eigenvalue weighted by Crippen LogP contribution is -2.56. The van der Waals surface area contributed by atoms with Gasteiger partial charge in [-0.3, -0.25) is 19.2 Å². The van der Waals surface area contributed by atoms with Crippen molar-refractivity contribution in [2.75, 3.05) is 26.2 Å². The highest BCUT2D eigenvalue weighted by Gasteiger charge is 2.73. The smallest absolute Gasteiger partial charge is 0.313 e. The quantitative estimate of drug-likeness (QED) is 0.221. The van der Waals surface area contributed by atoms with E-state index in [1.54, 1.807) is 21.7 Å². The molecule has 250 valence electrons. The normalized spacial score (nSPS) is 29.7. The standard InChI is InChI=1S/C35H38N6O7/c42-20-10-9-19-40-31-33(45)39(22-41-25-14-7-6-13-24(25)37-38-41)18-8-2-5-15-28(43)36-21-27(23-11-3-1-4-12-23)47-34(46)29-26-16-17-35(31,48-26)30(29)32(40)44/h1-4,6-8,11-14,16-17,26-27,29-31,42H,5,9-10,15,18-22H2,(H,36,43)/b8-2-/t26-,27-,29+,30+,31-,35+/m1/s1. The second-order valence-corrected chi connectivity index (χ2v) is 12.6. The van der Waals surface area contributed by atoms with Crippen LogP contribution in [0.1, 0.15) is 37.4 Å². The van der Waals surface area contributed by atoms with E-state index in [-0.39, 0.29) is 57.1 Å². The van der Waals surface area contributed by atoms with E-state index in [2.05, 4.69) is 15.6 Å². The number of benzene rings is 2. The van der Waals surface area contributed by atoms with Crippen molar-refractivity contribution in [1.29, 1.82) is 0 Å². The summed E-state index contributed by atoms with van der Waals surface area (Å²) >= 11 is 0. The summed E-state index contributed by atoms with van der Waals surface area (Å²) in [6, 6.07) is 15.5. The molecule has 0 aliphatic carbocycles. The van der Waals surface area contributed by atoms with Gasteiger partial charge in [-0.15, -0.1) is 5.10 Å². The Morgan fingerprint density at radius 2 is 1.79 bits per heavy atom. The average Bonchev–Trinajstić information content (AvgIpc) is 3.85. The van der Waals surface area contributed by atoms with E-state index in [0.29, 0.717) is 30.3 Å². The number of hydrogen-bond donors (Lipinski definition) is 2. The minimum absolute atomic E-state index is 0.0391. The molecule has 2 aromatic carbocycles. The SMILES string of the molecule is O=C1CC/C=C\CN(Cn2nnc3ccccc32)C(=O)[C@H]2N(CCCCO)C(=O)[C@@H]3[C@@H](C(=O)O[C@@H](c4ccccc4)CN1)[C@H]1C=C[C@]32O1. The molecule has 5 heterocycles. The molecule has 6 atom stereocenters. The predicted molar refractivity (Wildman–Crippen MR) is 171 cm³/mol. The van der Waals surface area contributed by atoms with Gasteiger partial charge in [0.15, 0.2) is 0 Å². The Balaban J connectivity index is 1.28. The van der Waals surface area contributed by atoms with E-state index in [1.807, 2.05) is 66.7 Å². The molecule has 1 aromatic heterocycles. The molecule has 13 nitrogen and oxygen atoms in total. The number of amides is 3. The summed E-state index contributed by atoms with van der Waals surface area (Å²) in [7, 11) is 0. The second-order valence-electron chi connectivity index (χ2n) is 12.6. The van der Waals surface area contributed by atoms with Crippen molar-refractivity contribution in [3.63, 3.8) is 0 Å². The van der Waals surface area contributed by atoms with Gasteiger partial charge in [-0.1, -0.05) is 72.0 Å². The Morgan fingerprint density at radius 1 is 0.979 bits per heavy atom. The van der Waals surface area contributed by atoms with Crippen LogP contribution in [-0.2, 0) is 35.3 Å². The van der Waals surface area contributed by atoms with Crippen molar-refractivity contribution in [1.82, 2.24) is 30.1 Å². The molecule has 4 aliphatic heterocycles. The highest BCUT2D eigenvalue weighted by Crippen LogP contribution is 2.56. The molecule has 0 unspecified atom stereocenters. The van der Waals surface area contributed by atoms with Gasteiger partial charge in [0.25, 0.3) is 5.91 Å². The van der Waals surface area contributed by atoms with Gasteiger partial charge in [-0.05, 0) is 37.0 Å². The van der Waals surface area contributed by atoms with Gasteiger partial charge in [-0.2, -0.15) is 0 Å². The maximum atomic E-state index is 14.8. The van der Waals surface area contributed by atoms with E-state index in [1.165, 1.54) is 4.90 Å². The van der Waals surface area contributed by atoms with Gasteiger partial charge in [0.2, 0.25) is 11.8 Å². The van der Waals surface area contributed by atoms with Crippen LogP contribution in [0.3, 0.4) is 0 Å². The number of rotatable bonds is 7. The first-order chi connectivity index (χ1) is 23.4. The number of esters is 1. The summed E-state index contributed by atoms with van der Waals surface area (Å²) in [6.07, 6.45) is 7.15. The van der Waals surface area contributed by atoms with Gasteiger partial charge < -0.3 is 29.7 Å². The number of allylic oxidation sites excluding steroid dienone is 1. The van der Waals surface area contributed by atoms with Crippen molar-refractivity contribution in [3.05, 3.63) is 84.5 Å². The minimum atomic E-state index is -1.39. The Labute approximate surface area is 277 Å². The van der Waals surface area contributed by atoms with Crippen LogP contribution in [0.25, 0.3) is 11.0 Å². The number of unbranched alkanes of at least 4 members (excludes halogenated alkanes) is 1. The van der Waals surface area contributed by atoms with Crippen LogP contribution >= 0.6 is 0 Å². The Kier molecular flexibility index (Phi) is 8.80. The maximum absolute atomic E-state index is 14.8. The van der Waals surface area contributed by atoms with Gasteiger partial charge >= 0.3 is 5.97 Å². The number of para-hydroxylation sites is 1. The number of aliphatic hydroxyl groups excluding tert-OH is 1.